The van der Waals surface area contributed by atoms with Crippen LogP contribution in [0.15, 0.2) is 12.4 Å². The van der Waals surface area contributed by atoms with Gasteiger partial charge in [-0.05, 0) is 20.3 Å². The van der Waals surface area contributed by atoms with Gasteiger partial charge in [-0.2, -0.15) is 0 Å². The molecule has 0 saturated carbocycles. The van der Waals surface area contributed by atoms with Gasteiger partial charge in [-0.1, -0.05) is 6.92 Å². The van der Waals surface area contributed by atoms with Gasteiger partial charge in [-0.3, -0.25) is 4.79 Å². The number of carbonyl (C=O) groups is 1. The quantitative estimate of drug-likeness (QED) is 0.739. The number of carbonyl (C=O) groups excluding carboxylic acids is 1. The normalized spacial score (nSPS) is 14.8. The molecule has 0 N–H and O–H groups in total. The zero-order chi connectivity index (χ0) is 12.2. The average Bonchev–Trinajstić information content (AvgIpc) is 2.64. The highest BCUT2D eigenvalue weighted by atomic mass is 16.5. The summed E-state index contributed by atoms with van der Waals surface area (Å²) < 4.78 is 7.40. The van der Waals surface area contributed by atoms with E-state index in [1.54, 1.807) is 6.20 Å². The lowest BCUT2D eigenvalue weighted by Gasteiger charge is -2.26. The second kappa shape index (κ2) is 5.25. The lowest BCUT2D eigenvalue weighted by atomic mass is 9.95. The summed E-state index contributed by atoms with van der Waals surface area (Å²) in [5.74, 6) is 0.871. The summed E-state index contributed by atoms with van der Waals surface area (Å²) in [6.07, 6.45) is 4.55. The van der Waals surface area contributed by atoms with Crippen LogP contribution in [0.1, 0.15) is 33.0 Å². The van der Waals surface area contributed by atoms with Gasteiger partial charge < -0.3 is 9.30 Å². The van der Waals surface area contributed by atoms with Crippen LogP contribution in [0, 0.1) is 0 Å². The number of ether oxygens (including phenoxy) is 1. The Balaban J connectivity index is 2.74. The lowest BCUT2D eigenvalue weighted by molar-refractivity contribution is -0.141. The van der Waals surface area contributed by atoms with Crippen molar-refractivity contribution in [2.45, 2.75) is 39.2 Å². The van der Waals surface area contributed by atoms with Gasteiger partial charge >= 0.3 is 0 Å². The smallest absolute Gasteiger partial charge is 0.171 e. The SMILES string of the molecule is CCOC(C)(CC)C(=O)Cc1nccn1C. The Morgan fingerprint density at radius 2 is 2.25 bits per heavy atom. The van der Waals surface area contributed by atoms with E-state index >= 15 is 0 Å². The number of hydrogen-bond donors (Lipinski definition) is 0. The molecular weight excluding hydrogens is 204 g/mol. The van der Waals surface area contributed by atoms with Gasteiger partial charge in [0.25, 0.3) is 0 Å². The van der Waals surface area contributed by atoms with Crippen LogP contribution in [0.3, 0.4) is 0 Å². The number of aryl methyl sites for hydroxylation is 1. The minimum absolute atomic E-state index is 0.0890. The van der Waals surface area contributed by atoms with Crippen LogP contribution in [0.25, 0.3) is 0 Å². The summed E-state index contributed by atoms with van der Waals surface area (Å²) in [5, 5.41) is 0. The number of rotatable bonds is 6. The van der Waals surface area contributed by atoms with E-state index in [1.165, 1.54) is 0 Å². The van der Waals surface area contributed by atoms with E-state index in [1.807, 2.05) is 38.6 Å². The maximum Gasteiger partial charge on any atom is 0.171 e. The molecule has 16 heavy (non-hydrogen) atoms. The highest BCUT2D eigenvalue weighted by molar-refractivity contribution is 5.88. The molecule has 1 unspecified atom stereocenters. The third-order valence-electron chi connectivity index (χ3n) is 2.97. The zero-order valence-corrected chi connectivity index (χ0v) is 10.5. The molecule has 0 aromatic carbocycles. The molecule has 0 saturated heterocycles. The summed E-state index contributed by atoms with van der Waals surface area (Å²) in [7, 11) is 1.89. The van der Waals surface area contributed by atoms with Crippen LogP contribution in [0.5, 0.6) is 0 Å². The average molecular weight is 224 g/mol. The molecule has 0 amide bonds. The summed E-state index contributed by atoms with van der Waals surface area (Å²) in [4.78, 5) is 16.3. The highest BCUT2D eigenvalue weighted by Crippen LogP contribution is 2.18. The molecule has 1 heterocycles. The third kappa shape index (κ3) is 2.70. The molecule has 90 valence electrons. The van der Waals surface area contributed by atoms with Crippen molar-refractivity contribution in [3.05, 3.63) is 18.2 Å². The van der Waals surface area contributed by atoms with Crippen LogP contribution in [0.2, 0.25) is 0 Å². The van der Waals surface area contributed by atoms with E-state index < -0.39 is 5.60 Å². The Morgan fingerprint density at radius 1 is 1.56 bits per heavy atom. The molecule has 4 heteroatoms. The van der Waals surface area contributed by atoms with Crippen molar-refractivity contribution < 1.29 is 9.53 Å². The number of nitrogens with zero attached hydrogens (tertiary/aromatic N) is 2. The first-order valence-electron chi connectivity index (χ1n) is 5.67. The fourth-order valence-electron chi connectivity index (χ4n) is 1.60. The summed E-state index contributed by atoms with van der Waals surface area (Å²) in [5.41, 5.74) is -0.680. The fourth-order valence-corrected chi connectivity index (χ4v) is 1.60. The summed E-state index contributed by atoms with van der Waals surface area (Å²) in [6.45, 7) is 6.27. The Kier molecular flexibility index (Phi) is 4.24. The maximum absolute atomic E-state index is 12.1. The first kappa shape index (κ1) is 12.9. The molecule has 1 rings (SSSR count). The van der Waals surface area contributed by atoms with Crippen molar-refractivity contribution in [2.75, 3.05) is 6.61 Å². The molecule has 0 aliphatic carbocycles. The summed E-state index contributed by atoms with van der Waals surface area (Å²) >= 11 is 0. The molecule has 0 fully saturated rings. The van der Waals surface area contributed by atoms with Gasteiger partial charge in [0.1, 0.15) is 11.4 Å². The number of Topliss-reactive ketones (excluding diaryl/α,β-unsaturated/α-hetero) is 1. The van der Waals surface area contributed by atoms with E-state index in [9.17, 15) is 4.79 Å². The Hall–Kier alpha value is -1.16. The number of hydrogen-bond acceptors (Lipinski definition) is 3. The monoisotopic (exact) mass is 224 g/mol. The van der Waals surface area contributed by atoms with Gasteiger partial charge in [-0.15, -0.1) is 0 Å². The lowest BCUT2D eigenvalue weighted by Crippen LogP contribution is -2.39. The standard InChI is InChI=1S/C12H20N2O2/c1-5-12(3,16-6-2)10(15)9-11-13-7-8-14(11)4/h7-8H,5-6,9H2,1-4H3. The highest BCUT2D eigenvalue weighted by Gasteiger charge is 2.32. The van der Waals surface area contributed by atoms with E-state index in [-0.39, 0.29) is 5.78 Å². The molecule has 4 nitrogen and oxygen atoms in total. The van der Waals surface area contributed by atoms with Crippen molar-refractivity contribution in [1.29, 1.82) is 0 Å². The molecule has 0 aliphatic heterocycles. The second-order valence-electron chi connectivity index (χ2n) is 4.07. The first-order chi connectivity index (χ1) is 7.53. The van der Waals surface area contributed by atoms with Crippen molar-refractivity contribution >= 4 is 5.78 Å². The van der Waals surface area contributed by atoms with Gasteiger partial charge in [0.15, 0.2) is 5.78 Å². The molecule has 1 aromatic heterocycles. The molecule has 1 aromatic rings. The molecule has 0 spiro atoms. The van der Waals surface area contributed by atoms with Crippen molar-refractivity contribution in [3.8, 4) is 0 Å². The Bertz CT molecular complexity index is 360. The minimum atomic E-state index is -0.680. The van der Waals surface area contributed by atoms with Gasteiger partial charge in [-0.25, -0.2) is 4.98 Å². The number of imidazole rings is 1. The van der Waals surface area contributed by atoms with E-state index in [0.717, 1.165) is 5.82 Å². The molecule has 1 atom stereocenters. The minimum Gasteiger partial charge on any atom is -0.368 e. The van der Waals surface area contributed by atoms with Crippen molar-refractivity contribution in [1.82, 2.24) is 9.55 Å². The predicted octanol–water partition coefficient (Wildman–Crippen LogP) is 1.74. The Labute approximate surface area is 96.6 Å². The topological polar surface area (TPSA) is 44.1 Å². The second-order valence-corrected chi connectivity index (χ2v) is 4.07. The molecule has 0 aliphatic rings. The predicted molar refractivity (Wildman–Crippen MR) is 62.2 cm³/mol. The molecular formula is C12H20N2O2. The summed E-state index contributed by atoms with van der Waals surface area (Å²) in [6, 6.07) is 0. The largest absolute Gasteiger partial charge is 0.368 e. The van der Waals surface area contributed by atoms with Crippen LogP contribution in [-0.2, 0) is 23.0 Å². The Morgan fingerprint density at radius 3 is 2.69 bits per heavy atom. The van der Waals surface area contributed by atoms with Gasteiger partial charge in [0.2, 0.25) is 0 Å². The van der Waals surface area contributed by atoms with Crippen LogP contribution in [-0.4, -0.2) is 27.5 Å². The van der Waals surface area contributed by atoms with Crippen molar-refractivity contribution in [2.24, 2.45) is 7.05 Å². The third-order valence-corrected chi connectivity index (χ3v) is 2.97. The van der Waals surface area contributed by atoms with Crippen molar-refractivity contribution in [3.63, 3.8) is 0 Å². The first-order valence-corrected chi connectivity index (χ1v) is 5.67. The number of aromatic nitrogens is 2. The number of ketones is 1. The fraction of sp³-hybridized carbons (Fsp3) is 0.667. The zero-order valence-electron chi connectivity index (χ0n) is 10.5. The van der Waals surface area contributed by atoms with E-state index in [2.05, 4.69) is 4.98 Å². The van der Waals surface area contributed by atoms with Gasteiger partial charge in [0.05, 0.1) is 6.42 Å². The van der Waals surface area contributed by atoms with Crippen LogP contribution < -0.4 is 0 Å². The molecule has 0 radical (unpaired) electrons. The maximum atomic E-state index is 12.1. The van der Waals surface area contributed by atoms with Crippen LogP contribution in [0.4, 0.5) is 0 Å². The van der Waals surface area contributed by atoms with Crippen LogP contribution >= 0.6 is 0 Å². The van der Waals surface area contributed by atoms with E-state index in [4.69, 9.17) is 4.74 Å². The van der Waals surface area contributed by atoms with Gasteiger partial charge in [0, 0.05) is 26.0 Å². The van der Waals surface area contributed by atoms with E-state index in [0.29, 0.717) is 19.4 Å². The molecule has 0 bridgehead atoms.